The molecule has 0 spiro atoms. The van der Waals surface area contributed by atoms with Crippen LogP contribution in [0.2, 0.25) is 0 Å². The summed E-state index contributed by atoms with van der Waals surface area (Å²) in [6.45, 7) is 3.57. The van der Waals surface area contributed by atoms with Crippen LogP contribution < -0.4 is 0 Å². The van der Waals surface area contributed by atoms with Gasteiger partial charge in [-0.2, -0.15) is 0 Å². The van der Waals surface area contributed by atoms with Gasteiger partial charge in [-0.05, 0) is 30.9 Å². The van der Waals surface area contributed by atoms with Gasteiger partial charge in [0.2, 0.25) is 0 Å². The molecule has 1 heterocycles. The van der Waals surface area contributed by atoms with Crippen LogP contribution in [0.5, 0.6) is 0 Å². The van der Waals surface area contributed by atoms with Crippen LogP contribution in [0.25, 0.3) is 0 Å². The van der Waals surface area contributed by atoms with E-state index in [1.165, 1.54) is 4.90 Å². The quantitative estimate of drug-likeness (QED) is 0.858. The van der Waals surface area contributed by atoms with Crippen molar-refractivity contribution < 1.29 is 14.6 Å². The summed E-state index contributed by atoms with van der Waals surface area (Å²) in [5.74, 6) is -0.813. The molecule has 0 radical (unpaired) electrons. The second kappa shape index (κ2) is 6.41. The van der Waals surface area contributed by atoms with Crippen molar-refractivity contribution in [2.45, 2.75) is 23.9 Å². The van der Waals surface area contributed by atoms with Crippen LogP contribution in [0.1, 0.15) is 18.5 Å². The summed E-state index contributed by atoms with van der Waals surface area (Å²) in [6.07, 6.45) is 2.04. The summed E-state index contributed by atoms with van der Waals surface area (Å²) >= 11 is 1.70. The molecule has 104 valence electrons. The maximum absolute atomic E-state index is 11.3. The number of thioether (sulfide) groups is 1. The highest BCUT2D eigenvalue weighted by atomic mass is 32.2. The molecule has 1 saturated heterocycles. The number of aliphatic carboxylic acids is 1. The molecule has 1 fully saturated rings. The summed E-state index contributed by atoms with van der Waals surface area (Å²) in [5.41, 5.74) is 1.14. The van der Waals surface area contributed by atoms with Gasteiger partial charge in [-0.3, -0.25) is 9.69 Å². The first-order chi connectivity index (χ1) is 9.13. The fourth-order valence-electron chi connectivity index (χ4n) is 2.37. The third-order valence-electron chi connectivity index (χ3n) is 3.55. The molecule has 0 aromatic heterocycles. The summed E-state index contributed by atoms with van der Waals surface area (Å²) in [6, 6.07) is 7.83. The molecule has 2 rings (SSSR count). The standard InChI is InChI=1S/C14H19NO3S/c1-10(11-3-5-12(19-2)6-4-11)15-7-8-18-9-13(15)14(16)17/h3-6,10,13H,7-9H2,1-2H3,(H,16,17). The van der Waals surface area contributed by atoms with Gasteiger partial charge in [-0.25, -0.2) is 0 Å². The molecular formula is C14H19NO3S. The summed E-state index contributed by atoms with van der Waals surface area (Å²) < 4.78 is 5.27. The number of nitrogens with zero attached hydrogens (tertiary/aromatic N) is 1. The van der Waals surface area contributed by atoms with Gasteiger partial charge in [0.15, 0.2) is 0 Å². The zero-order valence-electron chi connectivity index (χ0n) is 11.2. The topological polar surface area (TPSA) is 49.8 Å². The highest BCUT2D eigenvalue weighted by Crippen LogP contribution is 2.26. The maximum atomic E-state index is 11.3. The first kappa shape index (κ1) is 14.4. The van der Waals surface area contributed by atoms with Gasteiger partial charge in [-0.15, -0.1) is 11.8 Å². The van der Waals surface area contributed by atoms with E-state index in [9.17, 15) is 9.90 Å². The summed E-state index contributed by atoms with van der Waals surface area (Å²) in [5, 5.41) is 9.26. The van der Waals surface area contributed by atoms with E-state index in [1.54, 1.807) is 11.8 Å². The minimum atomic E-state index is -0.813. The molecule has 19 heavy (non-hydrogen) atoms. The Hall–Kier alpha value is -1.04. The average Bonchev–Trinajstić information content (AvgIpc) is 2.46. The third kappa shape index (κ3) is 3.29. The number of carbonyl (C=O) groups is 1. The monoisotopic (exact) mass is 281 g/mol. The smallest absolute Gasteiger partial charge is 0.323 e. The van der Waals surface area contributed by atoms with E-state index in [0.29, 0.717) is 13.2 Å². The van der Waals surface area contributed by atoms with Crippen LogP contribution in [0.15, 0.2) is 29.2 Å². The van der Waals surface area contributed by atoms with Crippen LogP contribution >= 0.6 is 11.8 Å². The fraction of sp³-hybridized carbons (Fsp3) is 0.500. The van der Waals surface area contributed by atoms with Crippen LogP contribution in [-0.2, 0) is 9.53 Å². The summed E-state index contributed by atoms with van der Waals surface area (Å²) in [4.78, 5) is 14.5. The molecule has 4 nitrogen and oxygen atoms in total. The molecule has 1 aliphatic rings. The van der Waals surface area contributed by atoms with Crippen LogP contribution in [-0.4, -0.2) is 48.0 Å². The number of carboxylic acid groups (broad SMARTS) is 1. The fourth-order valence-corrected chi connectivity index (χ4v) is 2.78. The Kier molecular flexibility index (Phi) is 4.85. The van der Waals surface area contributed by atoms with Crippen LogP contribution in [0, 0.1) is 0 Å². The number of rotatable bonds is 4. The Labute approximate surface area is 117 Å². The SMILES string of the molecule is CSc1ccc(C(C)N2CCOCC2C(=O)O)cc1. The first-order valence-corrected chi connectivity index (χ1v) is 7.56. The third-order valence-corrected chi connectivity index (χ3v) is 4.29. The summed E-state index contributed by atoms with van der Waals surface area (Å²) in [7, 11) is 0. The normalized spacial score (nSPS) is 22.1. The number of ether oxygens (including phenoxy) is 1. The maximum Gasteiger partial charge on any atom is 0.323 e. The van der Waals surface area contributed by atoms with E-state index in [-0.39, 0.29) is 12.6 Å². The van der Waals surface area contributed by atoms with E-state index in [0.717, 1.165) is 5.56 Å². The Morgan fingerprint density at radius 1 is 1.47 bits per heavy atom. The molecule has 0 aliphatic carbocycles. The molecule has 0 amide bonds. The van der Waals surface area contributed by atoms with Crippen molar-refractivity contribution in [3.8, 4) is 0 Å². The van der Waals surface area contributed by atoms with Crippen molar-refractivity contribution in [1.29, 1.82) is 0 Å². The number of hydrogen-bond acceptors (Lipinski definition) is 4. The van der Waals surface area contributed by atoms with Crippen molar-refractivity contribution in [3.63, 3.8) is 0 Å². The number of hydrogen-bond donors (Lipinski definition) is 1. The highest BCUT2D eigenvalue weighted by molar-refractivity contribution is 7.98. The van der Waals surface area contributed by atoms with E-state index >= 15 is 0 Å². The van der Waals surface area contributed by atoms with E-state index in [1.807, 2.05) is 11.2 Å². The largest absolute Gasteiger partial charge is 0.480 e. The molecule has 2 atom stereocenters. The second-order valence-corrected chi connectivity index (χ2v) is 5.50. The molecule has 0 bridgehead atoms. The first-order valence-electron chi connectivity index (χ1n) is 6.33. The minimum Gasteiger partial charge on any atom is -0.480 e. The Balaban J connectivity index is 2.15. The van der Waals surface area contributed by atoms with Crippen molar-refractivity contribution in [2.75, 3.05) is 26.0 Å². The van der Waals surface area contributed by atoms with Gasteiger partial charge in [0.1, 0.15) is 6.04 Å². The van der Waals surface area contributed by atoms with Gasteiger partial charge in [-0.1, -0.05) is 12.1 Å². The molecule has 2 unspecified atom stereocenters. The van der Waals surface area contributed by atoms with Crippen LogP contribution in [0.3, 0.4) is 0 Å². The lowest BCUT2D eigenvalue weighted by Gasteiger charge is -2.37. The molecule has 1 aliphatic heterocycles. The highest BCUT2D eigenvalue weighted by Gasteiger charge is 2.32. The van der Waals surface area contributed by atoms with Crippen molar-refractivity contribution >= 4 is 17.7 Å². The van der Waals surface area contributed by atoms with Gasteiger partial charge < -0.3 is 9.84 Å². The predicted octanol–water partition coefficient (Wildman–Crippen LogP) is 2.25. The number of benzene rings is 1. The second-order valence-electron chi connectivity index (χ2n) is 4.62. The molecule has 5 heteroatoms. The Morgan fingerprint density at radius 3 is 2.74 bits per heavy atom. The van der Waals surface area contributed by atoms with Gasteiger partial charge in [0.05, 0.1) is 13.2 Å². The Morgan fingerprint density at radius 2 is 2.16 bits per heavy atom. The lowest BCUT2D eigenvalue weighted by Crippen LogP contribution is -2.50. The lowest BCUT2D eigenvalue weighted by atomic mass is 10.0. The van der Waals surface area contributed by atoms with Gasteiger partial charge in [0, 0.05) is 17.5 Å². The lowest BCUT2D eigenvalue weighted by molar-refractivity contribution is -0.151. The zero-order chi connectivity index (χ0) is 13.8. The van der Waals surface area contributed by atoms with E-state index in [4.69, 9.17) is 4.74 Å². The van der Waals surface area contributed by atoms with Crippen molar-refractivity contribution in [2.24, 2.45) is 0 Å². The van der Waals surface area contributed by atoms with E-state index in [2.05, 4.69) is 31.2 Å². The molecule has 1 aromatic carbocycles. The average molecular weight is 281 g/mol. The predicted molar refractivity (Wildman–Crippen MR) is 75.6 cm³/mol. The van der Waals surface area contributed by atoms with Gasteiger partial charge in [0.25, 0.3) is 0 Å². The number of morpholine rings is 1. The molecule has 0 saturated carbocycles. The zero-order valence-corrected chi connectivity index (χ0v) is 12.0. The van der Waals surface area contributed by atoms with E-state index < -0.39 is 12.0 Å². The minimum absolute atomic E-state index is 0.0842. The Bertz CT molecular complexity index is 435. The van der Waals surface area contributed by atoms with Gasteiger partial charge >= 0.3 is 5.97 Å². The molecule has 1 N–H and O–H groups in total. The molecular weight excluding hydrogens is 262 g/mol. The molecule has 1 aromatic rings. The number of carboxylic acids is 1. The van der Waals surface area contributed by atoms with Crippen molar-refractivity contribution in [1.82, 2.24) is 4.90 Å². The van der Waals surface area contributed by atoms with Crippen molar-refractivity contribution in [3.05, 3.63) is 29.8 Å². The van der Waals surface area contributed by atoms with Crippen LogP contribution in [0.4, 0.5) is 0 Å².